The molecular weight excluding hydrogens is 1720 g/mol. The van der Waals surface area contributed by atoms with Crippen LogP contribution in [0.4, 0.5) is 0 Å². The van der Waals surface area contributed by atoms with Gasteiger partial charge in [-0.15, -0.1) is 11.8 Å². The average Bonchev–Trinajstić information content (AvgIpc) is 1.48. The quantitative estimate of drug-likeness (QED) is 0.0194. The minimum Gasteiger partial charge on any atom is -0.394 e. The van der Waals surface area contributed by atoms with E-state index in [1.807, 2.05) is 27.7 Å². The number of primary amides is 1. The van der Waals surface area contributed by atoms with Crippen molar-refractivity contribution in [3.8, 4) is 0 Å². The van der Waals surface area contributed by atoms with Crippen molar-refractivity contribution in [3.63, 3.8) is 0 Å². The first-order valence-corrected chi connectivity index (χ1v) is 46.1. The number of amides is 16. The van der Waals surface area contributed by atoms with Gasteiger partial charge >= 0.3 is 0 Å². The number of para-hydroxylation sites is 2. The number of aromatic nitrogens is 4. The van der Waals surface area contributed by atoms with Crippen molar-refractivity contribution < 1.29 is 81.8 Å². The molecule has 2 aliphatic heterocycles. The molecule has 132 heavy (non-hydrogen) atoms. The zero-order chi connectivity index (χ0) is 96.6. The van der Waals surface area contributed by atoms with Gasteiger partial charge in [0, 0.05) is 119 Å². The van der Waals surface area contributed by atoms with Gasteiger partial charge in [0.15, 0.2) is 5.96 Å². The Labute approximate surface area is 772 Å². The number of aromatic amines is 3. The van der Waals surface area contributed by atoms with E-state index in [4.69, 9.17) is 16.9 Å². The van der Waals surface area contributed by atoms with Crippen LogP contribution in [0.15, 0.2) is 104 Å². The number of guanidine groups is 1. The van der Waals surface area contributed by atoms with Gasteiger partial charge < -0.3 is 115 Å². The fraction of sp³-hybridized carbons (Fsp3) is 0.538. The molecule has 3 aromatic heterocycles. The van der Waals surface area contributed by atoms with Crippen LogP contribution in [-0.4, -0.2) is 301 Å². The molecule has 16 amide bonds. The van der Waals surface area contributed by atoms with E-state index in [1.54, 1.807) is 105 Å². The molecule has 13 atom stereocenters. The lowest BCUT2D eigenvalue weighted by molar-refractivity contribution is -0.149. The van der Waals surface area contributed by atoms with Crippen LogP contribution in [0.25, 0.3) is 21.8 Å². The summed E-state index contributed by atoms with van der Waals surface area (Å²) >= 11 is 0.833. The lowest BCUT2D eigenvalue weighted by atomic mass is 10.00. The molecule has 0 bridgehead atoms. The molecule has 2 saturated heterocycles. The molecule has 0 spiro atoms. The Hall–Kier alpha value is -13.0. The normalized spacial score (nSPS) is 23.6. The molecule has 0 saturated carbocycles. The van der Waals surface area contributed by atoms with Crippen molar-refractivity contribution in [2.75, 3.05) is 72.5 Å². The number of imidazole rings is 1. The summed E-state index contributed by atoms with van der Waals surface area (Å²) in [7, 11) is 5.39. The van der Waals surface area contributed by atoms with Crippen LogP contribution in [0.1, 0.15) is 148 Å². The van der Waals surface area contributed by atoms with Gasteiger partial charge in [0.25, 0.3) is 0 Å². The number of hydrogen-bond donors (Lipinski definition) is 18. The van der Waals surface area contributed by atoms with Crippen molar-refractivity contribution in [3.05, 3.63) is 126 Å². The number of hydrogen-bond acceptors (Lipinski definition) is 20. The van der Waals surface area contributed by atoms with E-state index in [0.29, 0.717) is 76.3 Å². The molecule has 6 aromatic rings. The second kappa shape index (κ2) is 51.0. The zero-order valence-corrected chi connectivity index (χ0v) is 77.8. The molecule has 20 N–H and O–H groups in total. The molecule has 41 heteroatoms. The maximum atomic E-state index is 15.7. The molecule has 40 nitrogen and oxygen atoms in total. The van der Waals surface area contributed by atoms with E-state index < -0.39 is 204 Å². The predicted molar refractivity (Wildman–Crippen MR) is 495 cm³/mol. The number of rotatable bonds is 26. The highest BCUT2D eigenvalue weighted by molar-refractivity contribution is 8.00. The Morgan fingerprint density at radius 1 is 0.530 bits per heavy atom. The molecule has 8 rings (SSSR count). The summed E-state index contributed by atoms with van der Waals surface area (Å²) in [5, 5.41) is 50.1. The zero-order valence-electron chi connectivity index (χ0n) is 77.0. The standard InChI is InChI=1S/C91H131N23O17S/c1-12-14-32-72-84(125)103-63(31-23-35-96-91(93)94)80(121)109-71(79(120)99-46-75(92)116)49-132-50-77(118)102-68(39-55-25-17-16-18-26-55)87(128)111(9)54(7)78(119)105-67(38-53(5)6)89(130)114-36-24-34-73(114)85(126)104-65(42-58-45-95-51-100-58)82(123)106-66(37-52(3)4)86(127)110(8)47-76(117)101-64(40-56-43-97-61-29-21-19-27-59(56)61)81(122)108-70(48-115)83(124)107-69(41-57-44-98-62-30-22-20-28-60(57)62)88(129)113(11)74(33-15-13-2)90(131)112(72)10/h16-22,25-30,43-45,51-54,63-74,97-98,115H,12-15,23-24,31-42,46-50H2,1-11H3,(H2,92,116)(H,95,100)(H,99,120)(H,101,117)(H,102,118)(H,103,125)(H,104,126)(H,105,119)(H,106,123)(H,107,124)(H,108,122)(H,109,121)(H4,93,94,96)/t54-,63-,64-,65-,66-,67-,68-,69-,70-,71-,72-,73-,74-/m0/s1. The number of aliphatic hydroxyl groups is 1. The summed E-state index contributed by atoms with van der Waals surface area (Å²) in [6.07, 6.45) is 7.50. The van der Waals surface area contributed by atoms with E-state index in [2.05, 4.69) is 78.4 Å². The van der Waals surface area contributed by atoms with Gasteiger partial charge in [-0.25, -0.2) is 4.98 Å². The maximum Gasteiger partial charge on any atom is 0.245 e. The van der Waals surface area contributed by atoms with Gasteiger partial charge in [0.1, 0.15) is 78.5 Å². The molecule has 2 aliphatic rings. The number of thioether (sulfide) groups is 1. The number of H-pyrrole nitrogens is 3. The first kappa shape index (κ1) is 104. The molecule has 0 radical (unpaired) electrons. The highest BCUT2D eigenvalue weighted by atomic mass is 32.2. The molecule has 0 aliphatic carbocycles. The number of carbonyl (C=O) groups is 16. The number of unbranched alkanes of at least 4 members (excludes halogenated alkanes) is 2. The van der Waals surface area contributed by atoms with Crippen molar-refractivity contribution >= 4 is 134 Å². The summed E-state index contributed by atoms with van der Waals surface area (Å²) in [4.78, 5) is 256. The number of nitrogens with zero attached hydrogens (tertiary/aromatic N) is 6. The third kappa shape index (κ3) is 30.3. The Balaban J connectivity index is 1.18. The fourth-order valence-electron chi connectivity index (χ4n) is 16.1. The second-order valence-corrected chi connectivity index (χ2v) is 35.6. The number of carbonyl (C=O) groups excluding carboxylic acids is 16. The molecule has 718 valence electrons. The van der Waals surface area contributed by atoms with Crippen LogP contribution in [-0.2, 0) is 102 Å². The topological polar surface area (TPSA) is 578 Å². The molecule has 2 fully saturated rings. The summed E-state index contributed by atoms with van der Waals surface area (Å²) in [6.45, 7) is 9.99. The van der Waals surface area contributed by atoms with Crippen LogP contribution in [0, 0.1) is 17.2 Å². The summed E-state index contributed by atoms with van der Waals surface area (Å²) < 4.78 is 0. The Morgan fingerprint density at radius 2 is 1.05 bits per heavy atom. The molecular formula is C91H131N23O17S. The SMILES string of the molecule is CCCC[C@H]1C(=O)N(C)[C@@H](CCCC)C(=O)N[C@@H](CCCNC(=N)N)C(=O)N[C@H](C(=O)NCC(N)=O)CSCC(=O)N[C@@H](Cc2ccccc2)C(=O)N(C)[C@@H](C)C(=O)N[C@@H](CC(C)C)C(=O)N2CCC[C@H]2C(=O)N[C@@H](Cc2cnc[nH]2)C(=O)N[C@@H](CC(C)C)C(=O)N(C)CC(=O)N[C@@H](Cc2c[nH]c3ccccc23)C(=O)N[C@@H](CO)C(=O)N[C@@H](Cc2c[nH]c3ccccc23)C(=O)N1C. The van der Waals surface area contributed by atoms with Crippen LogP contribution < -0.4 is 70.0 Å². The predicted octanol–water partition coefficient (Wildman–Crippen LogP) is 0.0329. The highest BCUT2D eigenvalue weighted by Gasteiger charge is 2.44. The lowest BCUT2D eigenvalue weighted by Gasteiger charge is -2.36. The monoisotopic (exact) mass is 1850 g/mol. The Morgan fingerprint density at radius 3 is 1.64 bits per heavy atom. The van der Waals surface area contributed by atoms with E-state index in [-0.39, 0.29) is 101 Å². The van der Waals surface area contributed by atoms with Crippen molar-refractivity contribution in [1.82, 2.24) is 103 Å². The Kier molecular flexibility index (Phi) is 40.4. The van der Waals surface area contributed by atoms with Crippen molar-refractivity contribution in [1.29, 1.82) is 5.41 Å². The second-order valence-electron chi connectivity index (χ2n) is 34.6. The molecule has 0 unspecified atom stereocenters. The van der Waals surface area contributed by atoms with Crippen molar-refractivity contribution in [2.24, 2.45) is 23.3 Å². The third-order valence-corrected chi connectivity index (χ3v) is 24.5. The molecule has 3 aromatic carbocycles. The van der Waals surface area contributed by atoms with Gasteiger partial charge in [0.2, 0.25) is 94.5 Å². The van der Waals surface area contributed by atoms with Gasteiger partial charge in [-0.3, -0.25) is 82.1 Å². The number of likely N-dealkylation sites (N-methyl/N-ethyl adjacent to an activating group) is 4. The maximum absolute atomic E-state index is 15.7. The van der Waals surface area contributed by atoms with E-state index in [0.717, 1.165) is 26.5 Å². The Bertz CT molecular complexity index is 4990. The van der Waals surface area contributed by atoms with Gasteiger partial charge in [-0.1, -0.05) is 134 Å². The number of nitrogens with one attached hydrogen (secondary N) is 15. The number of benzene rings is 3. The number of nitrogens with two attached hydrogens (primary N) is 2. The van der Waals surface area contributed by atoms with E-state index in [1.165, 1.54) is 57.4 Å². The molecule has 5 heterocycles. The average molecular weight is 1850 g/mol. The van der Waals surface area contributed by atoms with Gasteiger partial charge in [-0.05, 0) is 98.9 Å². The number of fused-ring (bicyclic) bond motifs is 3. The minimum absolute atomic E-state index is 0.0109. The van der Waals surface area contributed by atoms with Crippen LogP contribution >= 0.6 is 11.8 Å². The van der Waals surface area contributed by atoms with Crippen LogP contribution in [0.5, 0.6) is 0 Å². The first-order valence-electron chi connectivity index (χ1n) is 44.9. The summed E-state index contributed by atoms with van der Waals surface area (Å²) in [5.41, 5.74) is 14.5. The highest BCUT2D eigenvalue weighted by Crippen LogP contribution is 2.27. The largest absolute Gasteiger partial charge is 0.394 e. The smallest absolute Gasteiger partial charge is 0.245 e. The van der Waals surface area contributed by atoms with Crippen molar-refractivity contribution in [2.45, 2.75) is 230 Å². The summed E-state index contributed by atoms with van der Waals surface area (Å²) in [5.74, 6) is -15.1. The third-order valence-electron chi connectivity index (χ3n) is 23.4. The van der Waals surface area contributed by atoms with Crippen LogP contribution in [0.3, 0.4) is 0 Å². The van der Waals surface area contributed by atoms with Gasteiger partial charge in [-0.2, -0.15) is 0 Å². The number of aliphatic hydroxyl groups excluding tert-OH is 1. The summed E-state index contributed by atoms with van der Waals surface area (Å²) in [6, 6.07) is 4.28. The first-order chi connectivity index (χ1) is 62.9. The van der Waals surface area contributed by atoms with Crippen LogP contribution in [0.2, 0.25) is 0 Å². The minimum atomic E-state index is -1.83. The van der Waals surface area contributed by atoms with Gasteiger partial charge in [0.05, 0.1) is 31.8 Å². The fourth-order valence-corrected chi connectivity index (χ4v) is 16.9. The van der Waals surface area contributed by atoms with E-state index in [9.17, 15) is 53.1 Å². The lowest BCUT2D eigenvalue weighted by Crippen LogP contribution is -2.61. The van der Waals surface area contributed by atoms with E-state index >= 15 is 28.8 Å².